The van der Waals surface area contributed by atoms with Crippen molar-refractivity contribution < 1.29 is 19.7 Å². The van der Waals surface area contributed by atoms with Crippen LogP contribution in [0.3, 0.4) is 0 Å². The number of ether oxygens (including phenoxy) is 1. The van der Waals surface area contributed by atoms with E-state index in [0.717, 1.165) is 0 Å². The molecule has 1 amide bonds. The molecule has 2 rings (SSSR count). The summed E-state index contributed by atoms with van der Waals surface area (Å²) in [6.45, 7) is 0.474. The molecule has 0 aromatic heterocycles. The number of carbonyl (C=O) groups excluding carboxylic acids is 1. The summed E-state index contributed by atoms with van der Waals surface area (Å²) in [4.78, 5) is 11.8. The summed E-state index contributed by atoms with van der Waals surface area (Å²) < 4.78 is 5.43. The SMILES string of the molecule is Nc1ccccc1OCCNC(=O)c1cc(O)ccc1O. The Bertz CT molecular complexity index is 643. The maximum atomic E-state index is 11.8. The fraction of sp³-hybridized carbons (Fsp3) is 0.133. The summed E-state index contributed by atoms with van der Waals surface area (Å²) in [6.07, 6.45) is 0. The second-order valence-electron chi connectivity index (χ2n) is 4.34. The molecule has 0 radical (unpaired) electrons. The Hall–Kier alpha value is -2.89. The standard InChI is InChI=1S/C15H16N2O4/c16-12-3-1-2-4-14(12)21-8-7-17-15(20)11-9-10(18)5-6-13(11)19/h1-6,9,18-19H,7-8,16H2,(H,17,20). The summed E-state index contributed by atoms with van der Waals surface area (Å²) in [5, 5.41) is 21.4. The van der Waals surface area contributed by atoms with Crippen LogP contribution in [0.5, 0.6) is 17.2 Å². The van der Waals surface area contributed by atoms with Gasteiger partial charge >= 0.3 is 0 Å². The Kier molecular flexibility index (Phi) is 4.50. The van der Waals surface area contributed by atoms with Crippen molar-refractivity contribution in [2.75, 3.05) is 18.9 Å². The van der Waals surface area contributed by atoms with E-state index in [1.54, 1.807) is 24.3 Å². The third-order valence-electron chi connectivity index (χ3n) is 2.79. The fourth-order valence-corrected chi connectivity index (χ4v) is 1.74. The third kappa shape index (κ3) is 3.79. The van der Waals surface area contributed by atoms with Crippen molar-refractivity contribution in [3.63, 3.8) is 0 Å². The molecule has 0 spiro atoms. The van der Waals surface area contributed by atoms with Gasteiger partial charge in [0, 0.05) is 0 Å². The van der Waals surface area contributed by atoms with Crippen LogP contribution < -0.4 is 15.8 Å². The van der Waals surface area contributed by atoms with Gasteiger partial charge in [-0.15, -0.1) is 0 Å². The first-order valence-corrected chi connectivity index (χ1v) is 6.35. The highest BCUT2D eigenvalue weighted by Crippen LogP contribution is 2.22. The zero-order valence-corrected chi connectivity index (χ0v) is 11.2. The van der Waals surface area contributed by atoms with Crippen LogP contribution in [0.4, 0.5) is 5.69 Å². The van der Waals surface area contributed by atoms with E-state index < -0.39 is 5.91 Å². The molecule has 2 aromatic carbocycles. The minimum atomic E-state index is -0.493. The molecule has 0 aliphatic heterocycles. The van der Waals surface area contributed by atoms with Gasteiger partial charge in [-0.05, 0) is 30.3 Å². The lowest BCUT2D eigenvalue weighted by molar-refractivity contribution is 0.0944. The summed E-state index contributed by atoms with van der Waals surface area (Å²) >= 11 is 0. The van der Waals surface area contributed by atoms with Crippen LogP contribution in [0.15, 0.2) is 42.5 Å². The first-order valence-electron chi connectivity index (χ1n) is 6.35. The smallest absolute Gasteiger partial charge is 0.255 e. The normalized spacial score (nSPS) is 10.1. The Morgan fingerprint density at radius 3 is 2.71 bits per heavy atom. The van der Waals surface area contributed by atoms with E-state index in [1.165, 1.54) is 18.2 Å². The van der Waals surface area contributed by atoms with E-state index in [0.29, 0.717) is 11.4 Å². The molecule has 0 atom stereocenters. The van der Waals surface area contributed by atoms with Crippen molar-refractivity contribution in [1.82, 2.24) is 5.32 Å². The van der Waals surface area contributed by atoms with Crippen molar-refractivity contribution in [2.24, 2.45) is 0 Å². The number of carbonyl (C=O) groups is 1. The van der Waals surface area contributed by atoms with Gasteiger partial charge in [0.2, 0.25) is 0 Å². The highest BCUT2D eigenvalue weighted by molar-refractivity contribution is 5.97. The number of phenolic OH excluding ortho intramolecular Hbond substituents is 2. The average molecular weight is 288 g/mol. The number of hydrogen-bond acceptors (Lipinski definition) is 5. The number of nitrogens with one attached hydrogen (secondary N) is 1. The molecule has 0 bridgehead atoms. The molecule has 110 valence electrons. The lowest BCUT2D eigenvalue weighted by Gasteiger charge is -2.10. The lowest BCUT2D eigenvalue weighted by atomic mass is 10.2. The average Bonchev–Trinajstić information content (AvgIpc) is 2.47. The van der Waals surface area contributed by atoms with Crippen molar-refractivity contribution in [2.45, 2.75) is 0 Å². The molecule has 0 unspecified atom stereocenters. The number of rotatable bonds is 5. The van der Waals surface area contributed by atoms with Crippen LogP contribution >= 0.6 is 0 Å². The number of aromatic hydroxyl groups is 2. The van der Waals surface area contributed by atoms with E-state index in [9.17, 15) is 15.0 Å². The summed E-state index contributed by atoms with van der Waals surface area (Å²) in [5.41, 5.74) is 6.25. The monoisotopic (exact) mass is 288 g/mol. The summed E-state index contributed by atoms with van der Waals surface area (Å²) in [7, 11) is 0. The molecule has 0 aliphatic carbocycles. The van der Waals surface area contributed by atoms with E-state index in [1.807, 2.05) is 0 Å². The number of nitrogen functional groups attached to an aromatic ring is 1. The summed E-state index contributed by atoms with van der Waals surface area (Å²) in [6, 6.07) is 10.8. The largest absolute Gasteiger partial charge is 0.508 e. The van der Waals surface area contributed by atoms with Crippen LogP contribution in [0.2, 0.25) is 0 Å². The highest BCUT2D eigenvalue weighted by atomic mass is 16.5. The molecule has 21 heavy (non-hydrogen) atoms. The maximum absolute atomic E-state index is 11.8. The molecule has 0 saturated heterocycles. The molecular weight excluding hydrogens is 272 g/mol. The molecule has 0 fully saturated rings. The van der Waals surface area contributed by atoms with E-state index in [2.05, 4.69) is 5.32 Å². The zero-order chi connectivity index (χ0) is 15.2. The molecule has 5 N–H and O–H groups in total. The van der Waals surface area contributed by atoms with Crippen LogP contribution in [-0.2, 0) is 0 Å². The van der Waals surface area contributed by atoms with E-state index in [-0.39, 0.29) is 30.2 Å². The molecule has 0 heterocycles. The van der Waals surface area contributed by atoms with Crippen molar-refractivity contribution in [3.8, 4) is 17.2 Å². The maximum Gasteiger partial charge on any atom is 0.255 e. The van der Waals surface area contributed by atoms with Gasteiger partial charge in [-0.2, -0.15) is 0 Å². The number of benzene rings is 2. The number of anilines is 1. The van der Waals surface area contributed by atoms with Gasteiger partial charge in [0.1, 0.15) is 23.9 Å². The molecule has 0 saturated carbocycles. The van der Waals surface area contributed by atoms with Crippen LogP contribution in [0, 0.1) is 0 Å². The number of hydrogen-bond donors (Lipinski definition) is 4. The predicted molar refractivity (Wildman–Crippen MR) is 78.5 cm³/mol. The predicted octanol–water partition coefficient (Wildman–Crippen LogP) is 1.49. The third-order valence-corrected chi connectivity index (χ3v) is 2.79. The van der Waals surface area contributed by atoms with Gasteiger partial charge in [0.25, 0.3) is 5.91 Å². The molecular formula is C15H16N2O4. The highest BCUT2D eigenvalue weighted by Gasteiger charge is 2.11. The lowest BCUT2D eigenvalue weighted by Crippen LogP contribution is -2.28. The molecule has 2 aromatic rings. The Morgan fingerprint density at radius 2 is 1.95 bits per heavy atom. The minimum Gasteiger partial charge on any atom is -0.508 e. The van der Waals surface area contributed by atoms with Crippen LogP contribution in [0.1, 0.15) is 10.4 Å². The van der Waals surface area contributed by atoms with Gasteiger partial charge in [0.15, 0.2) is 0 Å². The van der Waals surface area contributed by atoms with E-state index in [4.69, 9.17) is 10.5 Å². The van der Waals surface area contributed by atoms with Gasteiger partial charge in [-0.1, -0.05) is 12.1 Å². The van der Waals surface area contributed by atoms with Gasteiger partial charge in [-0.3, -0.25) is 4.79 Å². The van der Waals surface area contributed by atoms with Crippen molar-refractivity contribution in [1.29, 1.82) is 0 Å². The molecule has 6 nitrogen and oxygen atoms in total. The van der Waals surface area contributed by atoms with E-state index >= 15 is 0 Å². The number of nitrogens with two attached hydrogens (primary N) is 1. The Labute approximate surface area is 121 Å². The fourth-order valence-electron chi connectivity index (χ4n) is 1.74. The van der Waals surface area contributed by atoms with Gasteiger partial charge in [0.05, 0.1) is 17.8 Å². The van der Waals surface area contributed by atoms with Gasteiger partial charge in [-0.25, -0.2) is 0 Å². The summed E-state index contributed by atoms with van der Waals surface area (Å²) in [5.74, 6) is -0.232. The topological polar surface area (TPSA) is 105 Å². The number of phenols is 2. The Balaban J connectivity index is 1.85. The second-order valence-corrected chi connectivity index (χ2v) is 4.34. The zero-order valence-electron chi connectivity index (χ0n) is 11.2. The molecule has 0 aliphatic rings. The minimum absolute atomic E-state index is 0.00854. The first kappa shape index (κ1) is 14.5. The van der Waals surface area contributed by atoms with Crippen LogP contribution in [-0.4, -0.2) is 29.3 Å². The van der Waals surface area contributed by atoms with Crippen molar-refractivity contribution in [3.05, 3.63) is 48.0 Å². The molecule has 6 heteroatoms. The van der Waals surface area contributed by atoms with Gasteiger partial charge < -0.3 is 26.0 Å². The number of amides is 1. The second kappa shape index (κ2) is 6.51. The van der Waals surface area contributed by atoms with Crippen LogP contribution in [0.25, 0.3) is 0 Å². The quantitative estimate of drug-likeness (QED) is 0.379. The first-order chi connectivity index (χ1) is 10.1. The Morgan fingerprint density at radius 1 is 1.19 bits per heavy atom. The number of para-hydroxylation sites is 2. The van der Waals surface area contributed by atoms with Crippen molar-refractivity contribution >= 4 is 11.6 Å².